The van der Waals surface area contributed by atoms with Gasteiger partial charge in [0.15, 0.2) is 0 Å². The summed E-state index contributed by atoms with van der Waals surface area (Å²) >= 11 is 0. The number of hydrogen-bond donors (Lipinski definition) is 2. The van der Waals surface area contributed by atoms with Gasteiger partial charge >= 0.3 is 0 Å². The number of fused-ring (bicyclic) bond motifs is 1. The van der Waals surface area contributed by atoms with Gasteiger partial charge in [0.25, 0.3) is 0 Å². The van der Waals surface area contributed by atoms with E-state index in [9.17, 15) is 15.5 Å². The molecule has 4 rings (SSSR count). The van der Waals surface area contributed by atoms with Crippen molar-refractivity contribution in [1.82, 2.24) is 0 Å². The standard InChI is InChI=1S/C25H23NO2/c1-16-23(17-6-9-21(27)10-7-17)13-19-8-11-22(28)14-25(19)24(16)12-18-4-2-3-5-20(18)15-26/h2-11,14,16,23-24,27-28H,12-13H2,1H3. The van der Waals surface area contributed by atoms with Crippen LogP contribution in [0.1, 0.15) is 46.6 Å². The first-order valence-corrected chi connectivity index (χ1v) is 9.65. The highest BCUT2D eigenvalue weighted by atomic mass is 16.3. The average molecular weight is 369 g/mol. The van der Waals surface area contributed by atoms with E-state index < -0.39 is 0 Å². The fourth-order valence-electron chi connectivity index (χ4n) is 4.58. The summed E-state index contributed by atoms with van der Waals surface area (Å²) in [4.78, 5) is 0. The van der Waals surface area contributed by atoms with Gasteiger partial charge in [0, 0.05) is 0 Å². The Balaban J connectivity index is 1.77. The van der Waals surface area contributed by atoms with Crippen LogP contribution in [-0.2, 0) is 12.8 Å². The van der Waals surface area contributed by atoms with E-state index in [0.29, 0.717) is 17.4 Å². The third-order valence-corrected chi connectivity index (χ3v) is 6.14. The minimum Gasteiger partial charge on any atom is -0.508 e. The van der Waals surface area contributed by atoms with Crippen molar-refractivity contribution in [3.63, 3.8) is 0 Å². The Hall–Kier alpha value is -3.25. The van der Waals surface area contributed by atoms with Crippen molar-refractivity contribution in [2.24, 2.45) is 5.92 Å². The maximum absolute atomic E-state index is 10.1. The van der Waals surface area contributed by atoms with Gasteiger partial charge < -0.3 is 10.2 Å². The molecule has 3 atom stereocenters. The number of hydrogen-bond acceptors (Lipinski definition) is 3. The molecule has 3 aromatic carbocycles. The molecule has 3 heteroatoms. The number of nitriles is 1. The van der Waals surface area contributed by atoms with Crippen LogP contribution in [0, 0.1) is 17.2 Å². The molecule has 0 heterocycles. The highest BCUT2D eigenvalue weighted by Gasteiger charge is 2.35. The van der Waals surface area contributed by atoms with Gasteiger partial charge in [0.05, 0.1) is 11.6 Å². The molecule has 1 aliphatic carbocycles. The Morgan fingerprint density at radius 3 is 2.43 bits per heavy atom. The predicted octanol–water partition coefficient (Wildman–Crippen LogP) is 5.27. The number of benzene rings is 3. The normalized spacial score (nSPS) is 20.9. The summed E-state index contributed by atoms with van der Waals surface area (Å²) in [5.41, 5.74) is 5.39. The molecule has 0 fully saturated rings. The lowest BCUT2D eigenvalue weighted by Crippen LogP contribution is -2.28. The summed E-state index contributed by atoms with van der Waals surface area (Å²) in [7, 11) is 0. The zero-order chi connectivity index (χ0) is 19.7. The van der Waals surface area contributed by atoms with E-state index in [4.69, 9.17) is 0 Å². The lowest BCUT2D eigenvalue weighted by atomic mass is 9.65. The molecular weight excluding hydrogens is 346 g/mol. The van der Waals surface area contributed by atoms with Gasteiger partial charge in [-0.3, -0.25) is 0 Å². The van der Waals surface area contributed by atoms with Crippen molar-refractivity contribution < 1.29 is 10.2 Å². The summed E-state index contributed by atoms with van der Waals surface area (Å²) in [6.07, 6.45) is 1.66. The number of phenols is 2. The lowest BCUT2D eigenvalue weighted by Gasteiger charge is -2.38. The molecule has 3 nitrogen and oxygen atoms in total. The largest absolute Gasteiger partial charge is 0.508 e. The first-order chi connectivity index (χ1) is 13.6. The Morgan fingerprint density at radius 2 is 1.68 bits per heavy atom. The first kappa shape index (κ1) is 18.1. The number of aromatic hydroxyl groups is 2. The van der Waals surface area contributed by atoms with E-state index in [-0.39, 0.29) is 17.4 Å². The van der Waals surface area contributed by atoms with Crippen LogP contribution < -0.4 is 0 Å². The molecule has 0 aromatic heterocycles. The van der Waals surface area contributed by atoms with Crippen LogP contribution in [-0.4, -0.2) is 10.2 Å². The van der Waals surface area contributed by atoms with Crippen LogP contribution in [0.15, 0.2) is 66.7 Å². The molecule has 0 radical (unpaired) electrons. The van der Waals surface area contributed by atoms with Crippen LogP contribution in [0.25, 0.3) is 0 Å². The number of rotatable bonds is 3. The monoisotopic (exact) mass is 369 g/mol. The van der Waals surface area contributed by atoms with E-state index in [1.54, 1.807) is 18.2 Å². The van der Waals surface area contributed by atoms with E-state index in [1.165, 1.54) is 16.7 Å². The second-order valence-electron chi connectivity index (χ2n) is 7.72. The Morgan fingerprint density at radius 1 is 0.964 bits per heavy atom. The highest BCUT2D eigenvalue weighted by Crippen LogP contribution is 2.47. The Bertz CT molecular complexity index is 1030. The molecule has 3 aromatic rings. The summed E-state index contributed by atoms with van der Waals surface area (Å²) in [5.74, 6) is 1.40. The topological polar surface area (TPSA) is 64.2 Å². The summed E-state index contributed by atoms with van der Waals surface area (Å²) in [5, 5.41) is 29.2. The molecule has 0 spiro atoms. The zero-order valence-corrected chi connectivity index (χ0v) is 15.8. The first-order valence-electron chi connectivity index (χ1n) is 9.65. The molecule has 140 valence electrons. The molecule has 0 saturated carbocycles. The van der Waals surface area contributed by atoms with Gasteiger partial charge in [-0.05, 0) is 83.2 Å². The fourth-order valence-corrected chi connectivity index (χ4v) is 4.58. The third-order valence-electron chi connectivity index (χ3n) is 6.14. The Kier molecular flexibility index (Phi) is 4.79. The molecule has 0 amide bonds. The van der Waals surface area contributed by atoms with Gasteiger partial charge in [-0.2, -0.15) is 5.26 Å². The van der Waals surface area contributed by atoms with Gasteiger partial charge in [0.2, 0.25) is 0 Å². The maximum Gasteiger partial charge on any atom is 0.115 e. The number of phenolic OH excluding ortho intramolecular Hbond substituents is 2. The van der Waals surface area contributed by atoms with Crippen LogP contribution in [0.2, 0.25) is 0 Å². The molecule has 0 aliphatic heterocycles. The van der Waals surface area contributed by atoms with Gasteiger partial charge in [-0.1, -0.05) is 43.3 Å². The SMILES string of the molecule is CC1C(c2ccc(O)cc2)Cc2ccc(O)cc2C1Cc1ccccc1C#N. The lowest BCUT2D eigenvalue weighted by molar-refractivity contribution is 0.347. The van der Waals surface area contributed by atoms with Crippen molar-refractivity contribution in [2.45, 2.75) is 31.6 Å². The smallest absolute Gasteiger partial charge is 0.115 e. The molecule has 0 bridgehead atoms. The van der Waals surface area contributed by atoms with E-state index in [1.807, 2.05) is 48.5 Å². The van der Waals surface area contributed by atoms with Crippen molar-refractivity contribution in [3.05, 3.63) is 94.5 Å². The quantitative estimate of drug-likeness (QED) is 0.661. The van der Waals surface area contributed by atoms with Crippen LogP contribution >= 0.6 is 0 Å². The second kappa shape index (κ2) is 7.40. The second-order valence-corrected chi connectivity index (χ2v) is 7.72. The van der Waals surface area contributed by atoms with Crippen molar-refractivity contribution in [1.29, 1.82) is 5.26 Å². The van der Waals surface area contributed by atoms with Crippen molar-refractivity contribution in [2.75, 3.05) is 0 Å². The fraction of sp³-hybridized carbons (Fsp3) is 0.240. The summed E-state index contributed by atoms with van der Waals surface area (Å²) in [6, 6.07) is 23.2. The molecule has 3 unspecified atom stereocenters. The maximum atomic E-state index is 10.1. The molecule has 0 saturated heterocycles. The summed E-state index contributed by atoms with van der Waals surface area (Å²) in [6.45, 7) is 2.25. The van der Waals surface area contributed by atoms with E-state index in [0.717, 1.165) is 18.4 Å². The van der Waals surface area contributed by atoms with Gasteiger partial charge in [-0.25, -0.2) is 0 Å². The average Bonchev–Trinajstić information content (AvgIpc) is 2.71. The third kappa shape index (κ3) is 3.34. The minimum absolute atomic E-state index is 0.198. The molecule has 2 N–H and O–H groups in total. The van der Waals surface area contributed by atoms with Crippen LogP contribution in [0.4, 0.5) is 0 Å². The molecule has 28 heavy (non-hydrogen) atoms. The molecular formula is C25H23NO2. The minimum atomic E-state index is 0.198. The zero-order valence-electron chi connectivity index (χ0n) is 15.8. The predicted molar refractivity (Wildman–Crippen MR) is 109 cm³/mol. The van der Waals surface area contributed by atoms with Gasteiger partial charge in [-0.15, -0.1) is 0 Å². The van der Waals surface area contributed by atoms with Crippen molar-refractivity contribution in [3.8, 4) is 17.6 Å². The van der Waals surface area contributed by atoms with E-state index in [2.05, 4.69) is 13.0 Å². The summed E-state index contributed by atoms with van der Waals surface area (Å²) < 4.78 is 0. The molecule has 1 aliphatic rings. The van der Waals surface area contributed by atoms with Crippen LogP contribution in [0.5, 0.6) is 11.5 Å². The number of nitrogens with zero attached hydrogens (tertiary/aromatic N) is 1. The Labute approximate surface area is 165 Å². The van der Waals surface area contributed by atoms with E-state index >= 15 is 0 Å². The van der Waals surface area contributed by atoms with Crippen molar-refractivity contribution >= 4 is 0 Å². The van der Waals surface area contributed by atoms with Gasteiger partial charge in [0.1, 0.15) is 11.5 Å². The van der Waals surface area contributed by atoms with Crippen LogP contribution in [0.3, 0.4) is 0 Å². The highest BCUT2D eigenvalue weighted by molar-refractivity contribution is 5.45.